The predicted octanol–water partition coefficient (Wildman–Crippen LogP) is 4.19. The van der Waals surface area contributed by atoms with Crippen LogP contribution in [0.3, 0.4) is 0 Å². The van der Waals surface area contributed by atoms with Crippen molar-refractivity contribution in [1.29, 1.82) is 0 Å². The van der Waals surface area contributed by atoms with Crippen LogP contribution in [0.15, 0.2) is 30.7 Å². The normalized spacial score (nSPS) is 11.1. The van der Waals surface area contributed by atoms with Crippen LogP contribution in [0.1, 0.15) is 20.8 Å². The summed E-state index contributed by atoms with van der Waals surface area (Å²) in [6, 6.07) is 3.90. The van der Waals surface area contributed by atoms with Gasteiger partial charge in [-0.05, 0) is 31.7 Å². The number of H-pyrrole nitrogens is 1. The van der Waals surface area contributed by atoms with Crippen molar-refractivity contribution in [2.24, 2.45) is 0 Å². The number of carbonyl (C=O) groups is 1. The smallest absolute Gasteiger partial charge is 0.267 e. The van der Waals surface area contributed by atoms with Gasteiger partial charge in [0.1, 0.15) is 4.88 Å². The number of anilines is 3. The van der Waals surface area contributed by atoms with Crippen molar-refractivity contribution in [2.75, 3.05) is 22.6 Å². The molecule has 0 aliphatic rings. The van der Waals surface area contributed by atoms with E-state index in [2.05, 4.69) is 37.2 Å². The van der Waals surface area contributed by atoms with E-state index in [-0.39, 0.29) is 5.91 Å². The number of hydrogen-bond acceptors (Lipinski definition) is 7. The molecule has 0 aliphatic carbocycles. The molecular weight excluding hydrogens is 406 g/mol. The van der Waals surface area contributed by atoms with E-state index in [4.69, 9.17) is 0 Å². The number of aromatic amines is 1. The minimum Gasteiger partial charge on any atom is -0.320 e. The first-order valence-electron chi connectivity index (χ1n) is 9.05. The van der Waals surface area contributed by atoms with E-state index in [0.29, 0.717) is 10.0 Å². The van der Waals surface area contributed by atoms with Crippen molar-refractivity contribution >= 4 is 56.5 Å². The molecule has 150 valence electrons. The zero-order valence-electron chi connectivity index (χ0n) is 16.3. The fourth-order valence-electron chi connectivity index (χ4n) is 2.95. The summed E-state index contributed by atoms with van der Waals surface area (Å²) >= 11 is 3.08. The largest absolute Gasteiger partial charge is 0.320 e. The van der Waals surface area contributed by atoms with E-state index in [1.54, 1.807) is 24.2 Å². The molecule has 8 nitrogen and oxygen atoms in total. The maximum absolute atomic E-state index is 12.8. The number of amides is 1. The van der Waals surface area contributed by atoms with E-state index >= 15 is 0 Å². The number of carbonyl (C=O) groups excluding carboxylic acids is 1. The number of thioether (sulfide) groups is 1. The van der Waals surface area contributed by atoms with Gasteiger partial charge in [-0.15, -0.1) is 0 Å². The van der Waals surface area contributed by atoms with Crippen LogP contribution in [-0.2, 0) is 6.54 Å². The van der Waals surface area contributed by atoms with Crippen LogP contribution in [0, 0.1) is 13.8 Å². The molecule has 0 spiro atoms. The van der Waals surface area contributed by atoms with Gasteiger partial charge in [0, 0.05) is 22.9 Å². The quantitative estimate of drug-likeness (QED) is 0.409. The van der Waals surface area contributed by atoms with Gasteiger partial charge in [-0.25, -0.2) is 4.98 Å². The summed E-state index contributed by atoms with van der Waals surface area (Å²) in [6.45, 7) is 4.81. The van der Waals surface area contributed by atoms with Crippen LogP contribution in [-0.4, -0.2) is 42.9 Å². The van der Waals surface area contributed by atoms with E-state index in [1.807, 2.05) is 36.9 Å². The van der Waals surface area contributed by atoms with Gasteiger partial charge in [-0.3, -0.25) is 14.6 Å². The second-order valence-corrected chi connectivity index (χ2v) is 8.63. The van der Waals surface area contributed by atoms with Crippen molar-refractivity contribution < 1.29 is 4.79 Å². The van der Waals surface area contributed by atoms with Crippen LogP contribution in [0.25, 0.3) is 10.9 Å². The van der Waals surface area contributed by atoms with Crippen molar-refractivity contribution in [3.63, 3.8) is 0 Å². The minimum absolute atomic E-state index is 0.199. The Morgan fingerprint density at radius 1 is 1.28 bits per heavy atom. The number of thiazole rings is 1. The summed E-state index contributed by atoms with van der Waals surface area (Å²) in [5.41, 5.74) is 3.65. The Morgan fingerprint density at radius 2 is 2.14 bits per heavy atom. The van der Waals surface area contributed by atoms with Crippen LogP contribution in [0.5, 0.6) is 0 Å². The molecule has 0 saturated heterocycles. The zero-order chi connectivity index (χ0) is 20.4. The first-order chi connectivity index (χ1) is 14.0. The van der Waals surface area contributed by atoms with Crippen LogP contribution in [0.4, 0.5) is 16.6 Å². The molecule has 0 unspecified atom stereocenters. The maximum atomic E-state index is 12.8. The third-order valence-electron chi connectivity index (χ3n) is 4.49. The summed E-state index contributed by atoms with van der Waals surface area (Å²) in [4.78, 5) is 17.6. The lowest BCUT2D eigenvalue weighted by molar-refractivity contribution is 0.103. The molecule has 0 aliphatic heterocycles. The molecule has 1 aromatic carbocycles. The van der Waals surface area contributed by atoms with Gasteiger partial charge >= 0.3 is 0 Å². The number of hydrogen-bond donors (Lipinski definition) is 3. The molecule has 1 amide bonds. The number of rotatable bonds is 7. The number of nitrogens with zero attached hydrogens (tertiary/aromatic N) is 4. The fraction of sp³-hybridized carbons (Fsp3) is 0.263. The van der Waals surface area contributed by atoms with E-state index in [1.165, 1.54) is 11.3 Å². The first-order valence-corrected chi connectivity index (χ1v) is 11.3. The Labute approximate surface area is 176 Å². The van der Waals surface area contributed by atoms with Gasteiger partial charge in [0.25, 0.3) is 5.91 Å². The lowest BCUT2D eigenvalue weighted by Gasteiger charge is -2.08. The Balaban J connectivity index is 1.49. The highest BCUT2D eigenvalue weighted by molar-refractivity contribution is 7.98. The number of fused-ring (bicyclic) bond motifs is 1. The average Bonchev–Trinajstić information content (AvgIpc) is 3.43. The van der Waals surface area contributed by atoms with Gasteiger partial charge in [0.15, 0.2) is 10.9 Å². The second kappa shape index (κ2) is 8.26. The van der Waals surface area contributed by atoms with E-state index in [9.17, 15) is 4.79 Å². The lowest BCUT2D eigenvalue weighted by atomic mass is 10.1. The Kier molecular flexibility index (Phi) is 5.54. The third kappa shape index (κ3) is 4.13. The maximum Gasteiger partial charge on any atom is 0.267 e. The third-order valence-corrected chi connectivity index (χ3v) is 6.00. The van der Waals surface area contributed by atoms with Crippen LogP contribution >= 0.6 is 23.1 Å². The summed E-state index contributed by atoms with van der Waals surface area (Å²) in [7, 11) is 0. The SMILES string of the molecule is CSCCn1cc(C)c(Nc2ncc(C(=O)Nc3c(C)ccc4[nH]ncc34)s2)n1. The molecule has 0 saturated carbocycles. The standard InChI is InChI=1S/C19H21N7OS2/c1-11-4-5-14-13(8-21-24-14)16(11)22-18(27)15-9-20-19(29-15)23-17-12(2)10-26(25-17)6-7-28-3/h4-5,8-10H,6-7H2,1-3H3,(H,21,24)(H,22,27)(H,20,23,25). The fourth-order valence-corrected chi connectivity index (χ4v) is 4.03. The Hall–Kier alpha value is -2.85. The highest BCUT2D eigenvalue weighted by Crippen LogP contribution is 2.28. The highest BCUT2D eigenvalue weighted by atomic mass is 32.2. The molecule has 3 N–H and O–H groups in total. The van der Waals surface area contributed by atoms with Gasteiger partial charge in [-0.2, -0.15) is 22.0 Å². The summed E-state index contributed by atoms with van der Waals surface area (Å²) in [5.74, 6) is 1.56. The molecule has 0 bridgehead atoms. The lowest BCUT2D eigenvalue weighted by Crippen LogP contribution is -2.11. The van der Waals surface area contributed by atoms with Crippen molar-refractivity contribution in [1.82, 2.24) is 25.0 Å². The molecule has 0 atom stereocenters. The monoisotopic (exact) mass is 427 g/mol. The second-order valence-electron chi connectivity index (χ2n) is 6.61. The molecule has 3 aromatic heterocycles. The minimum atomic E-state index is -0.199. The van der Waals surface area contributed by atoms with E-state index in [0.717, 1.165) is 45.8 Å². The van der Waals surface area contributed by atoms with E-state index < -0.39 is 0 Å². The molecule has 4 aromatic rings. The molecule has 0 fully saturated rings. The van der Waals surface area contributed by atoms with Gasteiger partial charge < -0.3 is 10.6 Å². The zero-order valence-corrected chi connectivity index (χ0v) is 17.9. The van der Waals surface area contributed by atoms with Crippen molar-refractivity contribution in [3.8, 4) is 0 Å². The highest BCUT2D eigenvalue weighted by Gasteiger charge is 2.15. The van der Waals surface area contributed by atoms with Gasteiger partial charge in [0.2, 0.25) is 0 Å². The topological polar surface area (TPSA) is 101 Å². The summed E-state index contributed by atoms with van der Waals surface area (Å²) in [6.07, 6.45) is 7.38. The first kappa shape index (κ1) is 19.5. The molecule has 4 rings (SSSR count). The number of aryl methyl sites for hydroxylation is 3. The molecule has 3 heterocycles. The summed E-state index contributed by atoms with van der Waals surface area (Å²) < 4.78 is 1.92. The van der Waals surface area contributed by atoms with Crippen molar-refractivity contribution in [2.45, 2.75) is 20.4 Å². The molecule has 29 heavy (non-hydrogen) atoms. The Bertz CT molecular complexity index is 1160. The molecular formula is C19H21N7OS2. The van der Waals surface area contributed by atoms with Crippen LogP contribution < -0.4 is 10.6 Å². The van der Waals surface area contributed by atoms with Gasteiger partial charge in [0.05, 0.1) is 30.1 Å². The van der Waals surface area contributed by atoms with Crippen LogP contribution in [0.2, 0.25) is 0 Å². The molecule has 10 heteroatoms. The number of benzene rings is 1. The Morgan fingerprint density at radius 3 is 2.97 bits per heavy atom. The predicted molar refractivity (Wildman–Crippen MR) is 120 cm³/mol. The number of nitrogens with one attached hydrogen (secondary N) is 3. The van der Waals surface area contributed by atoms with Gasteiger partial charge in [-0.1, -0.05) is 17.4 Å². The molecule has 0 radical (unpaired) electrons. The summed E-state index contributed by atoms with van der Waals surface area (Å²) in [5, 5.41) is 19.3. The van der Waals surface area contributed by atoms with Crippen molar-refractivity contribution in [3.05, 3.63) is 46.7 Å². The number of aromatic nitrogens is 5. The average molecular weight is 428 g/mol.